The lowest BCUT2D eigenvalue weighted by atomic mass is 10.1. The fourth-order valence-corrected chi connectivity index (χ4v) is 2.78. The Morgan fingerprint density at radius 1 is 1.08 bits per heavy atom. The van der Waals surface area contributed by atoms with Crippen molar-refractivity contribution < 1.29 is 14.3 Å². The van der Waals surface area contributed by atoms with Gasteiger partial charge in [0.05, 0.1) is 17.2 Å². The van der Waals surface area contributed by atoms with Crippen molar-refractivity contribution in [3.05, 3.63) is 64.4 Å². The van der Waals surface area contributed by atoms with Gasteiger partial charge in [-0.15, -0.1) is 0 Å². The highest BCUT2D eigenvalue weighted by Gasteiger charge is 2.16. The summed E-state index contributed by atoms with van der Waals surface area (Å²) >= 11 is 0. The summed E-state index contributed by atoms with van der Waals surface area (Å²) in [6, 6.07) is 9.66. The van der Waals surface area contributed by atoms with Gasteiger partial charge in [0, 0.05) is 6.72 Å². The Hall–Kier alpha value is -3.08. The van der Waals surface area contributed by atoms with Crippen molar-refractivity contribution in [2.24, 2.45) is 5.10 Å². The molecule has 0 saturated heterocycles. The number of fused-ring (bicyclic) bond motifs is 1. The standard InChI is InChI=1S/C11H10N2O3.C9H12/c1-6-5-16-8-4-3-7(10(14)9(6)8)11(15)13-12-2;1-7-4-8(2)6-9(3)5-7/h3-5,14H,2H2,1H3,(H,13,15);4-6H,1-3H3. The Labute approximate surface area is 147 Å². The lowest BCUT2D eigenvalue weighted by molar-refractivity contribution is 0.0953. The van der Waals surface area contributed by atoms with Crippen molar-refractivity contribution in [1.29, 1.82) is 0 Å². The molecule has 5 heteroatoms. The van der Waals surface area contributed by atoms with Crippen LogP contribution in [0.2, 0.25) is 0 Å². The molecule has 1 aromatic heterocycles. The number of hydrazone groups is 1. The van der Waals surface area contributed by atoms with E-state index in [9.17, 15) is 9.90 Å². The van der Waals surface area contributed by atoms with E-state index in [1.807, 2.05) is 0 Å². The first-order valence-electron chi connectivity index (χ1n) is 7.84. The summed E-state index contributed by atoms with van der Waals surface area (Å²) in [5.41, 5.74) is 7.68. The van der Waals surface area contributed by atoms with E-state index in [1.54, 1.807) is 13.0 Å². The lowest BCUT2D eigenvalue weighted by Gasteiger charge is -2.03. The van der Waals surface area contributed by atoms with Crippen molar-refractivity contribution in [2.75, 3.05) is 0 Å². The number of benzene rings is 2. The van der Waals surface area contributed by atoms with Gasteiger partial charge in [0.1, 0.15) is 11.3 Å². The number of hydrogen-bond donors (Lipinski definition) is 2. The normalized spacial score (nSPS) is 10.1. The Morgan fingerprint density at radius 3 is 2.16 bits per heavy atom. The average Bonchev–Trinajstić information content (AvgIpc) is 2.89. The highest BCUT2D eigenvalue weighted by molar-refractivity contribution is 6.03. The topological polar surface area (TPSA) is 74.8 Å². The summed E-state index contributed by atoms with van der Waals surface area (Å²) < 4.78 is 5.20. The number of amides is 1. The Kier molecular flexibility index (Phi) is 5.60. The van der Waals surface area contributed by atoms with Gasteiger partial charge < -0.3 is 9.52 Å². The Morgan fingerprint density at radius 2 is 1.64 bits per heavy atom. The first-order valence-corrected chi connectivity index (χ1v) is 7.84. The van der Waals surface area contributed by atoms with E-state index in [2.05, 4.69) is 56.2 Å². The highest BCUT2D eigenvalue weighted by Crippen LogP contribution is 2.32. The fourth-order valence-electron chi connectivity index (χ4n) is 2.78. The SMILES string of the molecule is C=NNC(=O)c1ccc2occ(C)c2c1O.Cc1cc(C)cc(C)c1. The molecule has 130 valence electrons. The minimum absolute atomic E-state index is 0.107. The number of phenolic OH excluding ortho intramolecular Hbond substituents is 1. The van der Waals surface area contributed by atoms with E-state index < -0.39 is 5.91 Å². The van der Waals surface area contributed by atoms with E-state index in [1.165, 1.54) is 29.0 Å². The van der Waals surface area contributed by atoms with Crippen LogP contribution in [-0.2, 0) is 0 Å². The van der Waals surface area contributed by atoms with Crippen molar-refractivity contribution in [2.45, 2.75) is 27.7 Å². The fraction of sp³-hybridized carbons (Fsp3) is 0.200. The van der Waals surface area contributed by atoms with E-state index in [0.717, 1.165) is 5.56 Å². The van der Waals surface area contributed by atoms with Gasteiger partial charge in [-0.2, -0.15) is 5.10 Å². The van der Waals surface area contributed by atoms with Crippen molar-refractivity contribution in [3.8, 4) is 5.75 Å². The molecule has 25 heavy (non-hydrogen) atoms. The zero-order valence-electron chi connectivity index (χ0n) is 14.9. The molecule has 0 spiro atoms. The third kappa shape index (κ3) is 4.26. The zero-order valence-corrected chi connectivity index (χ0v) is 14.9. The molecular weight excluding hydrogens is 316 g/mol. The van der Waals surface area contributed by atoms with Crippen LogP contribution in [0.25, 0.3) is 11.0 Å². The number of phenols is 1. The molecule has 0 saturated carbocycles. The van der Waals surface area contributed by atoms with Crippen LogP contribution in [0.4, 0.5) is 0 Å². The molecular formula is C20H22N2O3. The third-order valence-electron chi connectivity index (χ3n) is 3.69. The van der Waals surface area contributed by atoms with Gasteiger partial charge in [0.25, 0.3) is 5.91 Å². The van der Waals surface area contributed by atoms with E-state index in [4.69, 9.17) is 4.42 Å². The van der Waals surface area contributed by atoms with Crippen LogP contribution in [0.15, 0.2) is 46.1 Å². The maximum atomic E-state index is 11.5. The minimum atomic E-state index is -0.505. The monoisotopic (exact) mass is 338 g/mol. The number of furan rings is 1. The number of hydrogen-bond acceptors (Lipinski definition) is 4. The van der Waals surface area contributed by atoms with Crippen LogP contribution in [0.5, 0.6) is 5.75 Å². The molecule has 0 unspecified atom stereocenters. The first kappa shape index (κ1) is 18.3. The molecule has 3 aromatic rings. The van der Waals surface area contributed by atoms with Crippen LogP contribution < -0.4 is 5.43 Å². The lowest BCUT2D eigenvalue weighted by Crippen LogP contribution is -2.16. The van der Waals surface area contributed by atoms with Crippen LogP contribution >= 0.6 is 0 Å². The second-order valence-corrected chi connectivity index (χ2v) is 6.02. The molecule has 2 N–H and O–H groups in total. The van der Waals surface area contributed by atoms with E-state index in [-0.39, 0.29) is 11.3 Å². The van der Waals surface area contributed by atoms with Crippen LogP contribution in [0, 0.1) is 27.7 Å². The van der Waals surface area contributed by atoms with Crippen molar-refractivity contribution in [1.82, 2.24) is 5.43 Å². The summed E-state index contributed by atoms with van der Waals surface area (Å²) in [7, 11) is 0. The molecule has 5 nitrogen and oxygen atoms in total. The van der Waals surface area contributed by atoms with Crippen LogP contribution in [0.3, 0.4) is 0 Å². The maximum Gasteiger partial charge on any atom is 0.275 e. The molecule has 0 fully saturated rings. The molecule has 3 rings (SSSR count). The number of nitrogens with one attached hydrogen (secondary N) is 1. The second-order valence-electron chi connectivity index (χ2n) is 6.02. The van der Waals surface area contributed by atoms with Crippen LogP contribution in [0.1, 0.15) is 32.6 Å². The number of rotatable bonds is 2. The van der Waals surface area contributed by atoms with Gasteiger partial charge >= 0.3 is 0 Å². The summed E-state index contributed by atoms with van der Waals surface area (Å²) in [5, 5.41) is 13.7. The van der Waals surface area contributed by atoms with Gasteiger partial charge in [-0.1, -0.05) is 34.9 Å². The second kappa shape index (κ2) is 7.66. The quantitative estimate of drug-likeness (QED) is 0.537. The average molecular weight is 338 g/mol. The first-order chi connectivity index (χ1) is 11.8. The van der Waals surface area contributed by atoms with E-state index >= 15 is 0 Å². The van der Waals surface area contributed by atoms with Gasteiger partial charge in [-0.3, -0.25) is 4.79 Å². The molecule has 0 aliphatic rings. The van der Waals surface area contributed by atoms with Crippen LogP contribution in [-0.4, -0.2) is 17.7 Å². The summed E-state index contributed by atoms with van der Waals surface area (Å²) in [4.78, 5) is 11.5. The molecule has 0 bridgehead atoms. The maximum absolute atomic E-state index is 11.5. The van der Waals surface area contributed by atoms with E-state index in [0.29, 0.717) is 11.0 Å². The number of aryl methyl sites for hydroxylation is 4. The molecule has 0 radical (unpaired) electrons. The number of nitrogens with zero attached hydrogens (tertiary/aromatic N) is 1. The molecule has 0 aliphatic heterocycles. The Balaban J connectivity index is 0.000000212. The minimum Gasteiger partial charge on any atom is -0.506 e. The molecule has 1 amide bonds. The predicted octanol–water partition coefficient (Wildman–Crippen LogP) is 4.40. The molecule has 0 aliphatic carbocycles. The van der Waals surface area contributed by atoms with Gasteiger partial charge in [-0.25, -0.2) is 5.43 Å². The van der Waals surface area contributed by atoms with Crippen molar-refractivity contribution >= 4 is 23.6 Å². The third-order valence-corrected chi connectivity index (χ3v) is 3.69. The molecule has 0 atom stereocenters. The number of carbonyl (C=O) groups is 1. The summed E-state index contributed by atoms with van der Waals surface area (Å²) in [6.45, 7) is 11.3. The highest BCUT2D eigenvalue weighted by atomic mass is 16.3. The predicted molar refractivity (Wildman–Crippen MR) is 100 cm³/mol. The summed E-state index contributed by atoms with van der Waals surface area (Å²) in [6.07, 6.45) is 1.53. The van der Waals surface area contributed by atoms with Crippen molar-refractivity contribution in [3.63, 3.8) is 0 Å². The van der Waals surface area contributed by atoms with Gasteiger partial charge in [0.2, 0.25) is 0 Å². The Bertz CT molecular complexity index is 876. The molecule has 1 heterocycles. The van der Waals surface area contributed by atoms with Gasteiger partial charge in [-0.05, 0) is 45.4 Å². The number of carbonyl (C=O) groups excluding carboxylic acids is 1. The largest absolute Gasteiger partial charge is 0.506 e. The molecule has 2 aromatic carbocycles. The number of aromatic hydroxyl groups is 1. The van der Waals surface area contributed by atoms with Gasteiger partial charge in [0.15, 0.2) is 0 Å². The smallest absolute Gasteiger partial charge is 0.275 e. The summed E-state index contributed by atoms with van der Waals surface area (Å²) in [5.74, 6) is -0.611. The zero-order chi connectivity index (χ0) is 18.6.